The van der Waals surface area contributed by atoms with Crippen LogP contribution in [0.15, 0.2) is 24.3 Å². The van der Waals surface area contributed by atoms with Crippen LogP contribution < -0.4 is 5.73 Å². The van der Waals surface area contributed by atoms with Gasteiger partial charge in [-0.3, -0.25) is 10.3 Å². The normalized spacial score (nSPS) is 21.4. The van der Waals surface area contributed by atoms with Gasteiger partial charge in [-0.1, -0.05) is 29.8 Å². The monoisotopic (exact) mass is 231 g/mol. The van der Waals surface area contributed by atoms with Gasteiger partial charge in [-0.15, -0.1) is 0 Å². The first-order valence-corrected chi connectivity index (χ1v) is 6.27. The first-order valence-electron chi connectivity index (χ1n) is 6.27. The van der Waals surface area contributed by atoms with E-state index in [1.54, 1.807) is 0 Å². The molecule has 1 aromatic carbocycles. The molecule has 1 atom stereocenters. The summed E-state index contributed by atoms with van der Waals surface area (Å²) in [5.41, 5.74) is 8.27. The maximum absolute atomic E-state index is 7.54. The molecule has 1 saturated heterocycles. The Bertz CT molecular complexity index is 400. The smallest absolute Gasteiger partial charge is 0.0949 e. The van der Waals surface area contributed by atoms with E-state index >= 15 is 0 Å². The van der Waals surface area contributed by atoms with Gasteiger partial charge in [0.2, 0.25) is 0 Å². The highest BCUT2D eigenvalue weighted by molar-refractivity contribution is 5.79. The Morgan fingerprint density at radius 1 is 1.53 bits per heavy atom. The topological polar surface area (TPSA) is 53.1 Å². The predicted molar refractivity (Wildman–Crippen MR) is 71.1 cm³/mol. The summed E-state index contributed by atoms with van der Waals surface area (Å²) in [5, 5.41) is 7.54. The number of amidine groups is 1. The molecule has 2 rings (SSSR count). The van der Waals surface area contributed by atoms with Gasteiger partial charge in [0.1, 0.15) is 0 Å². The summed E-state index contributed by atoms with van der Waals surface area (Å²) in [7, 11) is 0. The first-order chi connectivity index (χ1) is 8.15. The number of likely N-dealkylation sites (tertiary alicyclic amines) is 1. The molecule has 0 aliphatic carbocycles. The molecule has 3 heteroatoms. The van der Waals surface area contributed by atoms with Gasteiger partial charge in [0.05, 0.1) is 5.84 Å². The van der Waals surface area contributed by atoms with E-state index in [0.717, 1.165) is 32.5 Å². The number of hydrogen-bond donors (Lipinski definition) is 2. The Labute approximate surface area is 103 Å². The summed E-state index contributed by atoms with van der Waals surface area (Å²) < 4.78 is 0. The molecule has 0 spiro atoms. The fourth-order valence-corrected chi connectivity index (χ4v) is 2.52. The van der Waals surface area contributed by atoms with Crippen molar-refractivity contribution in [3.05, 3.63) is 35.4 Å². The Kier molecular flexibility index (Phi) is 3.79. The highest BCUT2D eigenvalue weighted by Gasteiger charge is 2.21. The average Bonchev–Trinajstić information content (AvgIpc) is 2.29. The van der Waals surface area contributed by atoms with E-state index in [-0.39, 0.29) is 5.92 Å². The number of nitrogens with one attached hydrogen (secondary N) is 1. The summed E-state index contributed by atoms with van der Waals surface area (Å²) in [6.45, 7) is 5.16. The third kappa shape index (κ3) is 3.30. The summed E-state index contributed by atoms with van der Waals surface area (Å²) >= 11 is 0. The molecule has 1 fully saturated rings. The van der Waals surface area contributed by atoms with Crippen molar-refractivity contribution in [2.75, 3.05) is 13.1 Å². The van der Waals surface area contributed by atoms with Crippen LogP contribution in [0.4, 0.5) is 0 Å². The fourth-order valence-electron chi connectivity index (χ4n) is 2.52. The van der Waals surface area contributed by atoms with Gasteiger partial charge < -0.3 is 5.73 Å². The third-order valence-electron chi connectivity index (χ3n) is 3.43. The summed E-state index contributed by atoms with van der Waals surface area (Å²) in [6, 6.07) is 8.64. The summed E-state index contributed by atoms with van der Waals surface area (Å²) in [5.74, 6) is 0.604. The molecule has 1 aliphatic rings. The van der Waals surface area contributed by atoms with Gasteiger partial charge in [0.15, 0.2) is 0 Å². The highest BCUT2D eigenvalue weighted by atomic mass is 15.1. The summed E-state index contributed by atoms with van der Waals surface area (Å²) in [6.07, 6.45) is 2.22. The first kappa shape index (κ1) is 12.1. The molecule has 0 radical (unpaired) electrons. The number of benzene rings is 1. The predicted octanol–water partition coefficient (Wildman–Crippen LogP) is 2.14. The quantitative estimate of drug-likeness (QED) is 0.618. The molecule has 1 aromatic rings. The van der Waals surface area contributed by atoms with E-state index in [9.17, 15) is 0 Å². The van der Waals surface area contributed by atoms with E-state index < -0.39 is 0 Å². The minimum Gasteiger partial charge on any atom is -0.387 e. The lowest BCUT2D eigenvalue weighted by Crippen LogP contribution is -2.40. The zero-order valence-electron chi connectivity index (χ0n) is 10.4. The lowest BCUT2D eigenvalue weighted by Gasteiger charge is -2.32. The van der Waals surface area contributed by atoms with Crippen LogP contribution in [0.3, 0.4) is 0 Å². The van der Waals surface area contributed by atoms with Crippen LogP contribution in [0.5, 0.6) is 0 Å². The highest BCUT2D eigenvalue weighted by Crippen LogP contribution is 2.18. The van der Waals surface area contributed by atoms with Crippen LogP contribution in [0.25, 0.3) is 0 Å². The fraction of sp³-hybridized carbons (Fsp3) is 0.500. The maximum atomic E-state index is 7.54. The molecule has 3 nitrogen and oxygen atoms in total. The van der Waals surface area contributed by atoms with Gasteiger partial charge in [0.25, 0.3) is 0 Å². The molecule has 0 saturated carbocycles. The van der Waals surface area contributed by atoms with Crippen LogP contribution in [-0.4, -0.2) is 23.8 Å². The molecule has 1 aliphatic heterocycles. The van der Waals surface area contributed by atoms with E-state index in [2.05, 4.69) is 36.1 Å². The molecule has 0 aromatic heterocycles. The summed E-state index contributed by atoms with van der Waals surface area (Å²) in [4.78, 5) is 2.41. The van der Waals surface area contributed by atoms with Crippen molar-refractivity contribution in [1.82, 2.24) is 4.90 Å². The van der Waals surface area contributed by atoms with E-state index in [0.29, 0.717) is 5.84 Å². The lowest BCUT2D eigenvalue weighted by molar-refractivity contribution is 0.196. The molecular weight excluding hydrogens is 210 g/mol. The number of hydrogen-bond acceptors (Lipinski definition) is 2. The molecule has 0 amide bonds. The van der Waals surface area contributed by atoms with Crippen molar-refractivity contribution in [3.63, 3.8) is 0 Å². The van der Waals surface area contributed by atoms with Crippen LogP contribution in [0.1, 0.15) is 24.0 Å². The number of rotatable bonds is 3. The van der Waals surface area contributed by atoms with Crippen molar-refractivity contribution in [2.24, 2.45) is 11.7 Å². The second-order valence-electron chi connectivity index (χ2n) is 5.02. The van der Waals surface area contributed by atoms with Gasteiger partial charge >= 0.3 is 0 Å². The minimum atomic E-state index is 0.258. The van der Waals surface area contributed by atoms with Gasteiger partial charge in [-0.05, 0) is 31.9 Å². The van der Waals surface area contributed by atoms with Crippen molar-refractivity contribution >= 4 is 5.84 Å². The van der Waals surface area contributed by atoms with Crippen LogP contribution in [0.2, 0.25) is 0 Å². The zero-order valence-corrected chi connectivity index (χ0v) is 10.4. The number of piperidine rings is 1. The zero-order chi connectivity index (χ0) is 12.3. The van der Waals surface area contributed by atoms with Crippen molar-refractivity contribution in [3.8, 4) is 0 Å². The van der Waals surface area contributed by atoms with E-state index in [1.807, 2.05) is 0 Å². The van der Waals surface area contributed by atoms with E-state index in [1.165, 1.54) is 11.1 Å². The van der Waals surface area contributed by atoms with E-state index in [4.69, 9.17) is 11.1 Å². The number of nitrogens with two attached hydrogens (primary N) is 1. The van der Waals surface area contributed by atoms with Crippen molar-refractivity contribution < 1.29 is 0 Å². The molecular formula is C14H21N3. The molecule has 3 N–H and O–H groups in total. The second-order valence-corrected chi connectivity index (χ2v) is 5.02. The Balaban J connectivity index is 1.97. The van der Waals surface area contributed by atoms with Gasteiger partial charge in [-0.2, -0.15) is 0 Å². The average molecular weight is 231 g/mol. The van der Waals surface area contributed by atoms with Gasteiger partial charge in [0, 0.05) is 19.0 Å². The van der Waals surface area contributed by atoms with Gasteiger partial charge in [-0.25, -0.2) is 0 Å². The van der Waals surface area contributed by atoms with Crippen molar-refractivity contribution in [2.45, 2.75) is 26.3 Å². The number of aryl methyl sites for hydroxylation is 1. The van der Waals surface area contributed by atoms with Crippen molar-refractivity contribution in [1.29, 1.82) is 5.41 Å². The second kappa shape index (κ2) is 5.32. The molecule has 92 valence electrons. The SMILES string of the molecule is Cc1cccc(CN2CCCC(C(=N)N)C2)c1. The molecule has 1 unspecified atom stereocenters. The minimum absolute atomic E-state index is 0.258. The molecule has 1 heterocycles. The third-order valence-corrected chi connectivity index (χ3v) is 3.43. The number of nitrogens with zero attached hydrogens (tertiary/aromatic N) is 1. The lowest BCUT2D eigenvalue weighted by atomic mass is 9.96. The van der Waals surface area contributed by atoms with Crippen LogP contribution in [-0.2, 0) is 6.54 Å². The Hall–Kier alpha value is -1.35. The maximum Gasteiger partial charge on any atom is 0.0949 e. The van der Waals surface area contributed by atoms with Crippen LogP contribution >= 0.6 is 0 Å². The Morgan fingerprint density at radius 3 is 3.06 bits per heavy atom. The Morgan fingerprint density at radius 2 is 2.35 bits per heavy atom. The molecule has 17 heavy (non-hydrogen) atoms. The standard InChI is InChI=1S/C14H21N3/c1-11-4-2-5-12(8-11)9-17-7-3-6-13(10-17)14(15)16/h2,4-5,8,13H,3,6-7,9-10H2,1H3,(H3,15,16). The largest absolute Gasteiger partial charge is 0.387 e. The molecule has 0 bridgehead atoms. The van der Waals surface area contributed by atoms with Crippen LogP contribution in [0, 0.1) is 18.3 Å².